The third-order valence-corrected chi connectivity index (χ3v) is 2.49. The SMILES string of the molecule is CC(Nc1cc(F)ccc1Cl)C(=O)NCC(F)(F)F. The van der Waals surface area contributed by atoms with Crippen molar-refractivity contribution in [1.29, 1.82) is 0 Å². The number of benzene rings is 1. The van der Waals surface area contributed by atoms with Crippen LogP contribution in [0.25, 0.3) is 0 Å². The van der Waals surface area contributed by atoms with Crippen LogP contribution < -0.4 is 10.6 Å². The summed E-state index contributed by atoms with van der Waals surface area (Å²) in [5.41, 5.74) is 0.135. The monoisotopic (exact) mass is 298 g/mol. The Kier molecular flexibility index (Phi) is 4.99. The second-order valence-electron chi connectivity index (χ2n) is 3.82. The van der Waals surface area contributed by atoms with Crippen molar-refractivity contribution in [3.8, 4) is 0 Å². The molecule has 0 aliphatic carbocycles. The highest BCUT2D eigenvalue weighted by Gasteiger charge is 2.28. The smallest absolute Gasteiger partial charge is 0.373 e. The van der Waals surface area contributed by atoms with Gasteiger partial charge in [-0.15, -0.1) is 0 Å². The van der Waals surface area contributed by atoms with Crippen LogP contribution in [0.15, 0.2) is 18.2 Å². The van der Waals surface area contributed by atoms with Gasteiger partial charge in [-0.1, -0.05) is 11.6 Å². The lowest BCUT2D eigenvalue weighted by molar-refractivity contribution is -0.138. The molecule has 0 heterocycles. The molecule has 8 heteroatoms. The maximum Gasteiger partial charge on any atom is 0.405 e. The Bertz CT molecular complexity index is 464. The highest BCUT2D eigenvalue weighted by molar-refractivity contribution is 6.33. The molecule has 0 aromatic heterocycles. The van der Waals surface area contributed by atoms with E-state index in [0.29, 0.717) is 0 Å². The number of nitrogens with one attached hydrogen (secondary N) is 2. The molecule has 1 aromatic carbocycles. The summed E-state index contributed by atoms with van der Waals surface area (Å²) in [4.78, 5) is 11.4. The number of hydrogen-bond donors (Lipinski definition) is 2. The molecule has 0 aliphatic heterocycles. The van der Waals surface area contributed by atoms with Gasteiger partial charge in [0.2, 0.25) is 5.91 Å². The average Bonchev–Trinajstić information content (AvgIpc) is 2.29. The van der Waals surface area contributed by atoms with Gasteiger partial charge in [0.15, 0.2) is 0 Å². The Morgan fingerprint density at radius 2 is 2.05 bits per heavy atom. The Morgan fingerprint density at radius 3 is 2.63 bits per heavy atom. The molecular weight excluding hydrogens is 288 g/mol. The van der Waals surface area contributed by atoms with Crippen LogP contribution in [-0.2, 0) is 4.79 Å². The fourth-order valence-corrected chi connectivity index (χ4v) is 1.42. The van der Waals surface area contributed by atoms with Crippen LogP contribution in [-0.4, -0.2) is 24.7 Å². The highest BCUT2D eigenvalue weighted by Crippen LogP contribution is 2.23. The third kappa shape index (κ3) is 5.34. The van der Waals surface area contributed by atoms with E-state index < -0.39 is 30.5 Å². The zero-order chi connectivity index (χ0) is 14.6. The van der Waals surface area contributed by atoms with E-state index in [1.54, 1.807) is 5.32 Å². The van der Waals surface area contributed by atoms with Gasteiger partial charge in [-0.25, -0.2) is 4.39 Å². The average molecular weight is 299 g/mol. The molecule has 1 rings (SSSR count). The van der Waals surface area contributed by atoms with Crippen molar-refractivity contribution < 1.29 is 22.4 Å². The minimum Gasteiger partial charge on any atom is -0.373 e. The molecule has 1 aromatic rings. The topological polar surface area (TPSA) is 41.1 Å². The Balaban J connectivity index is 2.61. The Morgan fingerprint density at radius 1 is 1.42 bits per heavy atom. The summed E-state index contributed by atoms with van der Waals surface area (Å²) in [5, 5.41) is 4.41. The van der Waals surface area contributed by atoms with Crippen molar-refractivity contribution in [3.63, 3.8) is 0 Å². The molecule has 3 nitrogen and oxygen atoms in total. The van der Waals surface area contributed by atoms with Crippen molar-refractivity contribution in [1.82, 2.24) is 5.32 Å². The molecule has 106 valence electrons. The fourth-order valence-electron chi connectivity index (χ4n) is 1.25. The van der Waals surface area contributed by atoms with E-state index in [-0.39, 0.29) is 10.7 Å². The number of carbonyl (C=O) groups excluding carboxylic acids is 1. The van der Waals surface area contributed by atoms with Crippen molar-refractivity contribution in [2.75, 3.05) is 11.9 Å². The lowest BCUT2D eigenvalue weighted by atomic mass is 10.2. The number of anilines is 1. The van der Waals surface area contributed by atoms with E-state index in [4.69, 9.17) is 11.6 Å². The first-order valence-corrected chi connectivity index (χ1v) is 5.63. The second kappa shape index (κ2) is 6.10. The molecule has 0 fully saturated rings. The van der Waals surface area contributed by atoms with E-state index in [2.05, 4.69) is 5.32 Å². The van der Waals surface area contributed by atoms with Gasteiger partial charge in [0.25, 0.3) is 0 Å². The first-order valence-electron chi connectivity index (χ1n) is 5.25. The molecule has 0 saturated carbocycles. The predicted molar refractivity (Wildman–Crippen MR) is 63.6 cm³/mol. The van der Waals surface area contributed by atoms with Crippen molar-refractivity contribution in [2.45, 2.75) is 19.1 Å². The molecule has 0 radical (unpaired) electrons. The van der Waals surface area contributed by atoms with E-state index in [0.717, 1.165) is 12.1 Å². The molecule has 1 unspecified atom stereocenters. The van der Waals surface area contributed by atoms with E-state index in [1.807, 2.05) is 0 Å². The van der Waals surface area contributed by atoms with Gasteiger partial charge in [0.05, 0.1) is 10.7 Å². The summed E-state index contributed by atoms with van der Waals surface area (Å²) in [6.45, 7) is -0.0817. The van der Waals surface area contributed by atoms with Crippen LogP contribution in [0.3, 0.4) is 0 Å². The summed E-state index contributed by atoms with van der Waals surface area (Å²) in [6.07, 6.45) is -4.48. The van der Waals surface area contributed by atoms with Crippen LogP contribution in [0.5, 0.6) is 0 Å². The summed E-state index contributed by atoms with van der Waals surface area (Å²) in [7, 11) is 0. The molecule has 0 spiro atoms. The minimum atomic E-state index is -4.48. The van der Waals surface area contributed by atoms with Gasteiger partial charge in [-0.3, -0.25) is 4.79 Å². The van der Waals surface area contributed by atoms with E-state index >= 15 is 0 Å². The molecule has 0 saturated heterocycles. The van der Waals surface area contributed by atoms with Gasteiger partial charge < -0.3 is 10.6 Å². The van der Waals surface area contributed by atoms with Gasteiger partial charge >= 0.3 is 6.18 Å². The van der Waals surface area contributed by atoms with E-state index in [9.17, 15) is 22.4 Å². The van der Waals surface area contributed by atoms with Crippen LogP contribution >= 0.6 is 11.6 Å². The van der Waals surface area contributed by atoms with Gasteiger partial charge in [-0.2, -0.15) is 13.2 Å². The normalized spacial score (nSPS) is 12.9. The Labute approximate surface area is 111 Å². The maximum absolute atomic E-state index is 13.0. The van der Waals surface area contributed by atoms with Gasteiger partial charge in [-0.05, 0) is 25.1 Å². The van der Waals surface area contributed by atoms with Crippen LogP contribution in [0.4, 0.5) is 23.2 Å². The molecule has 2 N–H and O–H groups in total. The summed E-state index contributed by atoms with van der Waals surface area (Å²) >= 11 is 5.75. The zero-order valence-corrected chi connectivity index (χ0v) is 10.6. The molecule has 0 bridgehead atoms. The molecule has 19 heavy (non-hydrogen) atoms. The number of alkyl halides is 3. The van der Waals surface area contributed by atoms with Crippen molar-refractivity contribution in [3.05, 3.63) is 29.0 Å². The zero-order valence-electron chi connectivity index (χ0n) is 9.81. The molecule has 1 atom stereocenters. The lowest BCUT2D eigenvalue weighted by Gasteiger charge is -2.17. The van der Waals surface area contributed by atoms with Crippen LogP contribution in [0.2, 0.25) is 5.02 Å². The number of carbonyl (C=O) groups is 1. The molecule has 0 aliphatic rings. The van der Waals surface area contributed by atoms with Crippen molar-refractivity contribution >= 4 is 23.2 Å². The number of halogens is 5. The maximum atomic E-state index is 13.0. The number of hydrogen-bond acceptors (Lipinski definition) is 2. The lowest BCUT2D eigenvalue weighted by Crippen LogP contribution is -2.42. The number of amides is 1. The third-order valence-electron chi connectivity index (χ3n) is 2.16. The predicted octanol–water partition coefficient (Wildman–Crippen LogP) is 2.96. The first kappa shape index (κ1) is 15.6. The summed E-state index contributed by atoms with van der Waals surface area (Å²) in [6, 6.07) is 2.47. The first-order chi connectivity index (χ1) is 8.69. The van der Waals surface area contributed by atoms with Crippen LogP contribution in [0.1, 0.15) is 6.92 Å². The summed E-state index contributed by atoms with van der Waals surface area (Å²) in [5.74, 6) is -1.44. The summed E-state index contributed by atoms with van der Waals surface area (Å²) < 4.78 is 48.7. The quantitative estimate of drug-likeness (QED) is 0.839. The highest BCUT2D eigenvalue weighted by atomic mass is 35.5. The van der Waals surface area contributed by atoms with Gasteiger partial charge in [0.1, 0.15) is 18.4 Å². The molecule has 1 amide bonds. The minimum absolute atomic E-state index is 0.135. The largest absolute Gasteiger partial charge is 0.405 e. The van der Waals surface area contributed by atoms with Gasteiger partial charge in [0, 0.05) is 0 Å². The molecular formula is C11H11ClF4N2O. The number of rotatable bonds is 4. The second-order valence-corrected chi connectivity index (χ2v) is 4.23. The standard InChI is InChI=1S/C11H11ClF4N2O/c1-6(10(19)17-5-11(14,15)16)18-9-4-7(13)2-3-8(9)12/h2-4,6,18H,5H2,1H3,(H,17,19). The fraction of sp³-hybridized carbons (Fsp3) is 0.364. The van der Waals surface area contributed by atoms with E-state index in [1.165, 1.54) is 13.0 Å². The Hall–Kier alpha value is -1.50. The van der Waals surface area contributed by atoms with Crippen LogP contribution in [0, 0.1) is 5.82 Å². The van der Waals surface area contributed by atoms with Crippen molar-refractivity contribution in [2.24, 2.45) is 0 Å².